The maximum absolute atomic E-state index is 5.48. The average Bonchev–Trinajstić information content (AvgIpc) is 2.39. The molecule has 4 nitrogen and oxygen atoms in total. The summed E-state index contributed by atoms with van der Waals surface area (Å²) < 4.78 is 5.48. The molecule has 3 rings (SSSR count). The molecular weight excluding hydrogens is 202 g/mol. The first kappa shape index (κ1) is 10.2. The molecular formula is C12H17N3O. The number of hydrogen-bond donors (Lipinski definition) is 1. The molecule has 1 saturated heterocycles. The van der Waals surface area contributed by atoms with Gasteiger partial charge in [0.05, 0.1) is 12.3 Å². The molecule has 1 atom stereocenters. The van der Waals surface area contributed by atoms with Crippen molar-refractivity contribution < 1.29 is 4.74 Å². The molecule has 2 aliphatic heterocycles. The van der Waals surface area contributed by atoms with Crippen LogP contribution in [0.3, 0.4) is 0 Å². The van der Waals surface area contributed by atoms with Crippen molar-refractivity contribution in [1.82, 2.24) is 15.3 Å². The van der Waals surface area contributed by atoms with Crippen LogP contribution in [0.25, 0.3) is 0 Å². The zero-order valence-electron chi connectivity index (χ0n) is 9.41. The second-order valence-electron chi connectivity index (χ2n) is 4.54. The van der Waals surface area contributed by atoms with Gasteiger partial charge >= 0.3 is 0 Å². The molecule has 0 saturated carbocycles. The van der Waals surface area contributed by atoms with Crippen molar-refractivity contribution in [3.8, 4) is 0 Å². The van der Waals surface area contributed by atoms with E-state index in [1.165, 1.54) is 11.3 Å². The van der Waals surface area contributed by atoms with E-state index in [0.717, 1.165) is 51.4 Å². The Kier molecular flexibility index (Phi) is 2.84. The molecule has 1 aromatic rings. The fourth-order valence-electron chi connectivity index (χ4n) is 2.39. The van der Waals surface area contributed by atoms with E-state index in [2.05, 4.69) is 15.3 Å². The minimum Gasteiger partial charge on any atom is -0.381 e. The third-order valence-corrected chi connectivity index (χ3v) is 3.36. The van der Waals surface area contributed by atoms with Gasteiger partial charge in [0, 0.05) is 25.3 Å². The van der Waals surface area contributed by atoms with Crippen molar-refractivity contribution in [2.75, 3.05) is 19.8 Å². The first-order valence-electron chi connectivity index (χ1n) is 6.06. The summed E-state index contributed by atoms with van der Waals surface area (Å²) in [6.07, 6.45) is 5.35. The van der Waals surface area contributed by atoms with Crippen LogP contribution >= 0.6 is 0 Å². The van der Waals surface area contributed by atoms with Gasteiger partial charge in [-0.2, -0.15) is 0 Å². The van der Waals surface area contributed by atoms with Gasteiger partial charge in [0.15, 0.2) is 0 Å². The summed E-state index contributed by atoms with van der Waals surface area (Å²) in [5.41, 5.74) is 2.49. The molecule has 1 unspecified atom stereocenters. The largest absolute Gasteiger partial charge is 0.381 e. The number of ether oxygens (including phenoxy) is 1. The third kappa shape index (κ3) is 1.95. The lowest BCUT2D eigenvalue weighted by atomic mass is 10.0. The van der Waals surface area contributed by atoms with Crippen molar-refractivity contribution in [1.29, 1.82) is 0 Å². The minimum absolute atomic E-state index is 0.404. The van der Waals surface area contributed by atoms with E-state index < -0.39 is 0 Å². The molecule has 0 aromatic carbocycles. The van der Waals surface area contributed by atoms with E-state index >= 15 is 0 Å². The van der Waals surface area contributed by atoms with Gasteiger partial charge in [-0.25, -0.2) is 9.97 Å². The molecule has 16 heavy (non-hydrogen) atoms. The predicted molar refractivity (Wildman–Crippen MR) is 60.2 cm³/mol. The standard InChI is InChI=1S/C12H17N3O/c1-2-10(8-16-5-1)12-14-6-9-3-4-13-7-11(9)15-12/h6,10,13H,1-5,7-8H2. The number of nitrogens with one attached hydrogen (secondary N) is 1. The van der Waals surface area contributed by atoms with Crippen LogP contribution in [0, 0.1) is 0 Å². The first-order chi connectivity index (χ1) is 7.93. The summed E-state index contributed by atoms with van der Waals surface area (Å²) in [5.74, 6) is 1.38. The molecule has 4 heteroatoms. The molecule has 2 aliphatic rings. The minimum atomic E-state index is 0.404. The lowest BCUT2D eigenvalue weighted by Gasteiger charge is -2.22. The molecule has 3 heterocycles. The fourth-order valence-corrected chi connectivity index (χ4v) is 2.39. The molecule has 0 spiro atoms. The van der Waals surface area contributed by atoms with Crippen LogP contribution in [0.4, 0.5) is 0 Å². The van der Waals surface area contributed by atoms with Gasteiger partial charge in [-0.3, -0.25) is 0 Å². The average molecular weight is 219 g/mol. The Morgan fingerprint density at radius 2 is 2.44 bits per heavy atom. The highest BCUT2D eigenvalue weighted by Gasteiger charge is 2.20. The van der Waals surface area contributed by atoms with E-state index in [0.29, 0.717) is 5.92 Å². The molecule has 0 amide bonds. The van der Waals surface area contributed by atoms with Crippen LogP contribution in [0.15, 0.2) is 6.20 Å². The molecule has 0 bridgehead atoms. The van der Waals surface area contributed by atoms with E-state index in [1.807, 2.05) is 6.20 Å². The van der Waals surface area contributed by atoms with Crippen LogP contribution in [-0.2, 0) is 17.7 Å². The van der Waals surface area contributed by atoms with Crippen LogP contribution in [0.5, 0.6) is 0 Å². The Labute approximate surface area is 95.4 Å². The van der Waals surface area contributed by atoms with E-state index in [1.54, 1.807) is 0 Å². The quantitative estimate of drug-likeness (QED) is 0.766. The second-order valence-corrected chi connectivity index (χ2v) is 4.54. The Bertz CT molecular complexity index is 375. The van der Waals surface area contributed by atoms with Gasteiger partial charge < -0.3 is 10.1 Å². The highest BCUT2D eigenvalue weighted by atomic mass is 16.5. The van der Waals surface area contributed by atoms with Crippen molar-refractivity contribution in [3.63, 3.8) is 0 Å². The molecule has 0 radical (unpaired) electrons. The van der Waals surface area contributed by atoms with Crippen LogP contribution < -0.4 is 5.32 Å². The number of rotatable bonds is 1. The Morgan fingerprint density at radius 3 is 3.31 bits per heavy atom. The van der Waals surface area contributed by atoms with Crippen molar-refractivity contribution in [3.05, 3.63) is 23.3 Å². The van der Waals surface area contributed by atoms with Gasteiger partial charge in [0.2, 0.25) is 0 Å². The van der Waals surface area contributed by atoms with Crippen LogP contribution in [0.2, 0.25) is 0 Å². The van der Waals surface area contributed by atoms with Gasteiger partial charge in [-0.1, -0.05) is 0 Å². The summed E-state index contributed by atoms with van der Waals surface area (Å²) in [6, 6.07) is 0. The number of hydrogen-bond acceptors (Lipinski definition) is 4. The lowest BCUT2D eigenvalue weighted by molar-refractivity contribution is 0.0779. The van der Waals surface area contributed by atoms with Crippen LogP contribution in [-0.4, -0.2) is 29.7 Å². The summed E-state index contributed by atoms with van der Waals surface area (Å²) in [7, 11) is 0. The van der Waals surface area contributed by atoms with Gasteiger partial charge in [0.1, 0.15) is 5.82 Å². The predicted octanol–water partition coefficient (Wildman–Crippen LogP) is 1.02. The maximum atomic E-state index is 5.48. The van der Waals surface area contributed by atoms with E-state index in [9.17, 15) is 0 Å². The number of fused-ring (bicyclic) bond motifs is 1. The normalized spacial score (nSPS) is 25.1. The Hall–Kier alpha value is -1.00. The Balaban J connectivity index is 1.84. The smallest absolute Gasteiger partial charge is 0.133 e. The molecule has 1 aromatic heterocycles. The van der Waals surface area contributed by atoms with E-state index in [-0.39, 0.29) is 0 Å². The van der Waals surface area contributed by atoms with Gasteiger partial charge in [-0.15, -0.1) is 0 Å². The van der Waals surface area contributed by atoms with Gasteiger partial charge in [0.25, 0.3) is 0 Å². The van der Waals surface area contributed by atoms with Crippen molar-refractivity contribution >= 4 is 0 Å². The zero-order chi connectivity index (χ0) is 10.8. The molecule has 1 fully saturated rings. The molecule has 1 N–H and O–H groups in total. The monoisotopic (exact) mass is 219 g/mol. The second kappa shape index (κ2) is 4.47. The van der Waals surface area contributed by atoms with Crippen molar-refractivity contribution in [2.45, 2.75) is 31.7 Å². The summed E-state index contributed by atoms with van der Waals surface area (Å²) >= 11 is 0. The van der Waals surface area contributed by atoms with Crippen molar-refractivity contribution in [2.24, 2.45) is 0 Å². The highest BCUT2D eigenvalue weighted by Crippen LogP contribution is 2.23. The zero-order valence-corrected chi connectivity index (χ0v) is 9.41. The van der Waals surface area contributed by atoms with Crippen LogP contribution in [0.1, 0.15) is 35.8 Å². The summed E-state index contributed by atoms with van der Waals surface area (Å²) in [4.78, 5) is 9.18. The topological polar surface area (TPSA) is 47.0 Å². The lowest BCUT2D eigenvalue weighted by Crippen LogP contribution is -2.26. The van der Waals surface area contributed by atoms with E-state index in [4.69, 9.17) is 4.74 Å². The SMILES string of the molecule is c1nc(C2CCCOC2)nc2c1CCNC2. The maximum Gasteiger partial charge on any atom is 0.133 e. The number of nitrogens with zero attached hydrogens (tertiary/aromatic N) is 2. The van der Waals surface area contributed by atoms with Gasteiger partial charge in [-0.05, 0) is 31.4 Å². The number of aromatic nitrogens is 2. The highest BCUT2D eigenvalue weighted by molar-refractivity contribution is 5.21. The Morgan fingerprint density at radius 1 is 1.44 bits per heavy atom. The summed E-state index contributed by atoms with van der Waals surface area (Å²) in [6.45, 7) is 3.61. The summed E-state index contributed by atoms with van der Waals surface area (Å²) in [5, 5.41) is 3.35. The first-order valence-corrected chi connectivity index (χ1v) is 6.06. The molecule has 86 valence electrons. The molecule has 0 aliphatic carbocycles. The fraction of sp³-hybridized carbons (Fsp3) is 0.667. The third-order valence-electron chi connectivity index (χ3n) is 3.36.